The number of hydrogen-bond donors (Lipinski definition) is 0. The minimum absolute atomic E-state index is 0.000998. The first-order valence-electron chi connectivity index (χ1n) is 10.7. The molecule has 2 aromatic rings. The van der Waals surface area contributed by atoms with Crippen molar-refractivity contribution in [2.24, 2.45) is 5.92 Å². The number of nitrogens with zero attached hydrogens (tertiary/aromatic N) is 3. The van der Waals surface area contributed by atoms with E-state index >= 15 is 0 Å². The quantitative estimate of drug-likeness (QED) is 0.264. The smallest absolute Gasteiger partial charge is 0.316 e. The van der Waals surface area contributed by atoms with E-state index in [-0.39, 0.29) is 29.4 Å². The fraction of sp³-hybridized carbons (Fsp3) is 0.417. The van der Waals surface area contributed by atoms with Crippen LogP contribution < -0.4 is 0 Å². The molecule has 170 valence electrons. The van der Waals surface area contributed by atoms with Crippen LogP contribution in [0.5, 0.6) is 0 Å². The molecule has 1 atom stereocenters. The number of carbonyl (C=O) groups is 2. The Morgan fingerprint density at radius 3 is 2.75 bits per heavy atom. The second-order valence-electron chi connectivity index (χ2n) is 8.05. The van der Waals surface area contributed by atoms with Crippen molar-refractivity contribution < 1.29 is 18.7 Å². The summed E-state index contributed by atoms with van der Waals surface area (Å²) in [6.07, 6.45) is 7.01. The molecule has 0 radical (unpaired) electrons. The summed E-state index contributed by atoms with van der Waals surface area (Å²) in [6.45, 7) is 5.32. The Balaban J connectivity index is 1.90. The molecule has 8 heteroatoms. The van der Waals surface area contributed by atoms with E-state index in [2.05, 4.69) is 4.98 Å². The van der Waals surface area contributed by atoms with Crippen molar-refractivity contribution in [3.8, 4) is 11.1 Å². The minimum Gasteiger partial charge on any atom is -0.468 e. The highest BCUT2D eigenvalue weighted by molar-refractivity contribution is 7.99. The van der Waals surface area contributed by atoms with Crippen LogP contribution in [0, 0.1) is 11.7 Å². The van der Waals surface area contributed by atoms with Crippen LogP contribution in [0.25, 0.3) is 11.1 Å². The molecule has 1 amide bonds. The van der Waals surface area contributed by atoms with Gasteiger partial charge in [0, 0.05) is 30.8 Å². The van der Waals surface area contributed by atoms with Gasteiger partial charge in [0.1, 0.15) is 5.82 Å². The molecule has 0 N–H and O–H groups in total. The molecule has 1 aromatic heterocycles. The molecular formula is C24H28FN3O3S. The topological polar surface area (TPSA) is 72.4 Å². The van der Waals surface area contributed by atoms with Crippen molar-refractivity contribution >= 4 is 23.6 Å². The third kappa shape index (κ3) is 6.38. The Morgan fingerprint density at radius 2 is 2.06 bits per heavy atom. The maximum Gasteiger partial charge on any atom is 0.316 e. The molecule has 1 aromatic carbocycles. The number of likely N-dealkylation sites (tertiary alicyclic amines) is 1. The molecule has 0 aliphatic carbocycles. The van der Waals surface area contributed by atoms with E-state index in [9.17, 15) is 14.0 Å². The van der Waals surface area contributed by atoms with Gasteiger partial charge < -0.3 is 9.64 Å². The van der Waals surface area contributed by atoms with E-state index < -0.39 is 0 Å². The molecule has 1 fully saturated rings. The summed E-state index contributed by atoms with van der Waals surface area (Å²) in [6, 6.07) is 6.23. The van der Waals surface area contributed by atoms with Gasteiger partial charge in [-0.1, -0.05) is 43.8 Å². The number of hydrogen-bond acceptors (Lipinski definition) is 6. The van der Waals surface area contributed by atoms with E-state index in [1.54, 1.807) is 24.4 Å². The Kier molecular flexibility index (Phi) is 8.39. The second kappa shape index (κ2) is 11.2. The summed E-state index contributed by atoms with van der Waals surface area (Å²) in [7, 11) is 1.34. The van der Waals surface area contributed by atoms with E-state index in [0.29, 0.717) is 24.2 Å². The number of allylic oxidation sites excluding steroid dienone is 1. The highest BCUT2D eigenvalue weighted by atomic mass is 32.2. The number of ether oxygens (including phenoxy) is 1. The molecule has 32 heavy (non-hydrogen) atoms. The number of esters is 1. The van der Waals surface area contributed by atoms with Gasteiger partial charge in [0.15, 0.2) is 5.16 Å². The van der Waals surface area contributed by atoms with Crippen LogP contribution in [0.2, 0.25) is 0 Å². The number of rotatable bonds is 7. The first-order chi connectivity index (χ1) is 15.4. The van der Waals surface area contributed by atoms with E-state index in [0.717, 1.165) is 29.7 Å². The standard InChI is InChI=1S/C24H28FN3O3S/c1-16(2)6-11-21(29)28-12-4-5-18(14-28)23-20(17-7-9-19(25)10-8-17)13-26-24(27-23)32-15-22(30)31-3/h6-11,13,16,18H,4-5,12,14-15H2,1-3H3/b11-6+/t18-/m1/s1. The predicted octanol–water partition coefficient (Wildman–Crippen LogP) is 4.47. The molecule has 0 spiro atoms. The summed E-state index contributed by atoms with van der Waals surface area (Å²) in [4.78, 5) is 35.2. The first-order valence-corrected chi connectivity index (χ1v) is 11.7. The molecule has 3 rings (SSSR count). The Hall–Kier alpha value is -2.74. The van der Waals surface area contributed by atoms with Crippen LogP contribution in [-0.4, -0.2) is 52.7 Å². The molecular weight excluding hydrogens is 429 g/mol. The van der Waals surface area contributed by atoms with E-state index in [1.807, 2.05) is 24.8 Å². The Bertz CT molecular complexity index is 979. The second-order valence-corrected chi connectivity index (χ2v) is 8.99. The number of aromatic nitrogens is 2. The number of benzene rings is 1. The van der Waals surface area contributed by atoms with Gasteiger partial charge in [-0.2, -0.15) is 0 Å². The Labute approximate surface area is 192 Å². The number of methoxy groups -OCH3 is 1. The summed E-state index contributed by atoms with van der Waals surface area (Å²) >= 11 is 1.21. The van der Waals surface area contributed by atoms with Crippen molar-refractivity contribution in [1.82, 2.24) is 14.9 Å². The summed E-state index contributed by atoms with van der Waals surface area (Å²) in [5.41, 5.74) is 2.43. The lowest BCUT2D eigenvalue weighted by Crippen LogP contribution is -2.38. The SMILES string of the molecule is COC(=O)CSc1ncc(-c2ccc(F)cc2)c([C@@H]2CCCN(C(=O)/C=C/C(C)C)C2)n1. The molecule has 1 aliphatic heterocycles. The third-order valence-electron chi connectivity index (χ3n) is 5.24. The molecule has 6 nitrogen and oxygen atoms in total. The molecule has 0 unspecified atom stereocenters. The molecule has 1 saturated heterocycles. The largest absolute Gasteiger partial charge is 0.468 e. The van der Waals surface area contributed by atoms with Gasteiger partial charge >= 0.3 is 5.97 Å². The van der Waals surface area contributed by atoms with Crippen molar-refractivity contribution in [2.45, 2.75) is 37.8 Å². The van der Waals surface area contributed by atoms with Gasteiger partial charge in [0.2, 0.25) is 5.91 Å². The number of carbonyl (C=O) groups excluding carboxylic acids is 2. The van der Waals surface area contributed by atoms with Crippen LogP contribution in [0.1, 0.15) is 38.3 Å². The summed E-state index contributed by atoms with van der Waals surface area (Å²) in [5.74, 6) is -0.231. The summed E-state index contributed by atoms with van der Waals surface area (Å²) in [5, 5.41) is 0.472. The highest BCUT2D eigenvalue weighted by Crippen LogP contribution is 2.34. The van der Waals surface area contributed by atoms with E-state index in [1.165, 1.54) is 31.0 Å². The van der Waals surface area contributed by atoms with Crippen LogP contribution in [0.3, 0.4) is 0 Å². The Morgan fingerprint density at radius 1 is 1.31 bits per heavy atom. The number of thioether (sulfide) groups is 1. The third-order valence-corrected chi connectivity index (χ3v) is 6.08. The van der Waals surface area contributed by atoms with Crippen LogP contribution in [0.15, 0.2) is 47.8 Å². The lowest BCUT2D eigenvalue weighted by Gasteiger charge is -2.32. The van der Waals surface area contributed by atoms with Crippen molar-refractivity contribution in [3.05, 3.63) is 54.1 Å². The van der Waals surface area contributed by atoms with Crippen LogP contribution in [0.4, 0.5) is 4.39 Å². The lowest BCUT2D eigenvalue weighted by atomic mass is 9.90. The zero-order valence-corrected chi connectivity index (χ0v) is 19.4. The van der Waals surface area contributed by atoms with Crippen molar-refractivity contribution in [3.63, 3.8) is 0 Å². The average Bonchev–Trinajstić information content (AvgIpc) is 2.81. The molecule has 1 aliphatic rings. The minimum atomic E-state index is -0.353. The normalized spacial score (nSPS) is 16.5. The fourth-order valence-corrected chi connectivity index (χ4v) is 4.23. The van der Waals surface area contributed by atoms with Gasteiger partial charge in [0.05, 0.1) is 18.6 Å². The van der Waals surface area contributed by atoms with Gasteiger partial charge in [-0.25, -0.2) is 14.4 Å². The summed E-state index contributed by atoms with van der Waals surface area (Å²) < 4.78 is 18.2. The average molecular weight is 458 g/mol. The van der Waals surface area contributed by atoms with Crippen molar-refractivity contribution in [1.29, 1.82) is 0 Å². The zero-order chi connectivity index (χ0) is 23.1. The van der Waals surface area contributed by atoms with Gasteiger partial charge in [-0.15, -0.1) is 0 Å². The molecule has 0 saturated carbocycles. The molecule has 0 bridgehead atoms. The predicted molar refractivity (Wildman–Crippen MR) is 123 cm³/mol. The lowest BCUT2D eigenvalue weighted by molar-refractivity contribution is -0.137. The number of amides is 1. The first kappa shape index (κ1) is 23.9. The maximum absolute atomic E-state index is 13.5. The zero-order valence-electron chi connectivity index (χ0n) is 18.6. The van der Waals surface area contributed by atoms with Crippen LogP contribution >= 0.6 is 11.8 Å². The van der Waals surface area contributed by atoms with Crippen molar-refractivity contribution in [2.75, 3.05) is 26.0 Å². The van der Waals surface area contributed by atoms with Gasteiger partial charge in [0.25, 0.3) is 0 Å². The number of halogens is 1. The van der Waals surface area contributed by atoms with Gasteiger partial charge in [-0.05, 0) is 42.5 Å². The highest BCUT2D eigenvalue weighted by Gasteiger charge is 2.27. The van der Waals surface area contributed by atoms with Crippen LogP contribution in [-0.2, 0) is 14.3 Å². The number of piperidine rings is 1. The van der Waals surface area contributed by atoms with Gasteiger partial charge in [-0.3, -0.25) is 9.59 Å². The molecule has 2 heterocycles. The maximum atomic E-state index is 13.5. The fourth-order valence-electron chi connectivity index (χ4n) is 3.57. The monoisotopic (exact) mass is 457 g/mol. The van der Waals surface area contributed by atoms with E-state index in [4.69, 9.17) is 9.72 Å².